The van der Waals surface area contributed by atoms with Crippen molar-refractivity contribution in [3.63, 3.8) is 0 Å². The van der Waals surface area contributed by atoms with Gasteiger partial charge in [-0.05, 0) is 26.8 Å². The lowest BCUT2D eigenvalue weighted by atomic mass is 9.99. The van der Waals surface area contributed by atoms with E-state index in [0.29, 0.717) is 0 Å². The van der Waals surface area contributed by atoms with Crippen molar-refractivity contribution < 1.29 is 14.8 Å². The summed E-state index contributed by atoms with van der Waals surface area (Å²) in [6.07, 6.45) is -0.721. The van der Waals surface area contributed by atoms with Gasteiger partial charge in [0, 0.05) is 6.07 Å². The lowest BCUT2D eigenvalue weighted by Gasteiger charge is -2.28. The highest BCUT2D eigenvalue weighted by molar-refractivity contribution is 7.17. The molecule has 0 saturated heterocycles. The van der Waals surface area contributed by atoms with Gasteiger partial charge in [0.05, 0.1) is 21.4 Å². The Morgan fingerprint density at radius 1 is 1.59 bits per heavy atom. The summed E-state index contributed by atoms with van der Waals surface area (Å²) in [5.74, 6) is -0.422. The van der Waals surface area contributed by atoms with E-state index < -0.39 is 22.5 Å². The van der Waals surface area contributed by atoms with Crippen LogP contribution in [0.2, 0.25) is 0 Å². The summed E-state index contributed by atoms with van der Waals surface area (Å²) in [6.45, 7) is 4.92. The predicted octanol–water partition coefficient (Wildman–Crippen LogP) is 1.55. The standard InChI is InChI=1S/C10H14N2O4S/c1-6(13)10(2,3)11-9(14)7-4-5-8(17-7)12(15)16/h4-6,13H,1-3H3,(H,11,14). The summed E-state index contributed by atoms with van der Waals surface area (Å²) in [7, 11) is 0. The SMILES string of the molecule is CC(O)C(C)(C)NC(=O)c1ccc([N+](=O)[O-])s1. The molecule has 1 aromatic heterocycles. The highest BCUT2D eigenvalue weighted by atomic mass is 32.1. The number of nitrogens with one attached hydrogen (secondary N) is 1. The first kappa shape index (κ1) is 13.6. The van der Waals surface area contributed by atoms with Crippen LogP contribution in [0.25, 0.3) is 0 Å². The quantitative estimate of drug-likeness (QED) is 0.633. The predicted molar refractivity (Wildman–Crippen MR) is 64.2 cm³/mol. The molecule has 0 aliphatic heterocycles. The molecule has 0 radical (unpaired) electrons. The summed E-state index contributed by atoms with van der Waals surface area (Å²) in [6, 6.07) is 2.69. The molecule has 1 aromatic rings. The summed E-state index contributed by atoms with van der Waals surface area (Å²) >= 11 is 0.809. The summed E-state index contributed by atoms with van der Waals surface area (Å²) in [5.41, 5.74) is -0.782. The van der Waals surface area contributed by atoms with Crippen molar-refractivity contribution in [3.05, 3.63) is 27.1 Å². The molecule has 1 rings (SSSR count). The zero-order chi connectivity index (χ0) is 13.2. The van der Waals surface area contributed by atoms with Crippen molar-refractivity contribution in [2.75, 3.05) is 0 Å². The van der Waals surface area contributed by atoms with Crippen LogP contribution >= 0.6 is 11.3 Å². The number of rotatable bonds is 4. The van der Waals surface area contributed by atoms with E-state index in [0.717, 1.165) is 11.3 Å². The van der Waals surface area contributed by atoms with Crippen LogP contribution in [0.5, 0.6) is 0 Å². The van der Waals surface area contributed by atoms with Gasteiger partial charge in [0.1, 0.15) is 0 Å². The average Bonchev–Trinajstić information content (AvgIpc) is 2.65. The number of hydrogen-bond donors (Lipinski definition) is 2. The molecule has 0 spiro atoms. The number of amides is 1. The van der Waals surface area contributed by atoms with Gasteiger partial charge in [0.2, 0.25) is 0 Å². The van der Waals surface area contributed by atoms with E-state index in [9.17, 15) is 20.0 Å². The number of hydrogen-bond acceptors (Lipinski definition) is 5. The van der Waals surface area contributed by atoms with E-state index in [1.807, 2.05) is 0 Å². The third-order valence-corrected chi connectivity index (χ3v) is 3.51. The molecule has 0 aliphatic rings. The summed E-state index contributed by atoms with van der Waals surface area (Å²) < 4.78 is 0. The fraction of sp³-hybridized carbons (Fsp3) is 0.500. The Morgan fingerprint density at radius 3 is 2.59 bits per heavy atom. The van der Waals surface area contributed by atoms with Crippen LogP contribution in [0, 0.1) is 10.1 Å². The molecule has 1 unspecified atom stereocenters. The molecule has 6 nitrogen and oxygen atoms in total. The second-order valence-corrected chi connectivity index (χ2v) is 5.31. The maximum Gasteiger partial charge on any atom is 0.324 e. The number of carbonyl (C=O) groups is 1. The number of thiophene rings is 1. The molecule has 1 heterocycles. The largest absolute Gasteiger partial charge is 0.391 e. The van der Waals surface area contributed by atoms with E-state index >= 15 is 0 Å². The first-order chi connectivity index (χ1) is 7.74. The molecule has 7 heteroatoms. The summed E-state index contributed by atoms with van der Waals surface area (Å²) in [4.78, 5) is 22.0. The van der Waals surface area contributed by atoms with Crippen LogP contribution in [0.3, 0.4) is 0 Å². The van der Waals surface area contributed by atoms with Crippen molar-refractivity contribution in [2.45, 2.75) is 32.4 Å². The van der Waals surface area contributed by atoms with Crippen LogP contribution in [0.15, 0.2) is 12.1 Å². The lowest BCUT2D eigenvalue weighted by Crippen LogP contribution is -2.50. The minimum Gasteiger partial charge on any atom is -0.391 e. The van der Waals surface area contributed by atoms with Crippen molar-refractivity contribution in [1.82, 2.24) is 5.32 Å². The van der Waals surface area contributed by atoms with Crippen molar-refractivity contribution >= 4 is 22.2 Å². The molecule has 1 atom stereocenters. The Balaban J connectivity index is 2.80. The van der Waals surface area contributed by atoms with E-state index in [4.69, 9.17) is 0 Å². The Hall–Kier alpha value is -1.47. The molecule has 94 valence electrons. The first-order valence-corrected chi connectivity index (χ1v) is 5.80. The minimum atomic E-state index is -0.782. The van der Waals surface area contributed by atoms with Gasteiger partial charge in [-0.1, -0.05) is 11.3 Å². The topological polar surface area (TPSA) is 92.5 Å². The Kier molecular flexibility index (Phi) is 3.84. The van der Waals surface area contributed by atoms with Gasteiger partial charge in [-0.15, -0.1) is 0 Å². The van der Waals surface area contributed by atoms with Gasteiger partial charge in [0.15, 0.2) is 0 Å². The zero-order valence-electron chi connectivity index (χ0n) is 9.76. The molecule has 0 fully saturated rings. The van der Waals surface area contributed by atoms with Crippen LogP contribution in [-0.4, -0.2) is 27.6 Å². The molecule has 2 N–H and O–H groups in total. The van der Waals surface area contributed by atoms with Gasteiger partial charge < -0.3 is 10.4 Å². The van der Waals surface area contributed by atoms with Gasteiger partial charge in [0.25, 0.3) is 5.91 Å². The molecular weight excluding hydrogens is 244 g/mol. The molecule has 0 bridgehead atoms. The van der Waals surface area contributed by atoms with Crippen LogP contribution < -0.4 is 5.32 Å². The van der Waals surface area contributed by atoms with Crippen molar-refractivity contribution in [3.8, 4) is 0 Å². The fourth-order valence-corrected chi connectivity index (χ4v) is 1.72. The normalized spacial score (nSPS) is 13.2. The van der Waals surface area contributed by atoms with Crippen LogP contribution in [0.4, 0.5) is 5.00 Å². The van der Waals surface area contributed by atoms with Crippen LogP contribution in [-0.2, 0) is 0 Å². The van der Waals surface area contributed by atoms with Gasteiger partial charge >= 0.3 is 5.00 Å². The van der Waals surface area contributed by atoms with Crippen molar-refractivity contribution in [1.29, 1.82) is 0 Å². The van der Waals surface area contributed by atoms with Gasteiger partial charge in [-0.3, -0.25) is 14.9 Å². The zero-order valence-corrected chi connectivity index (χ0v) is 10.6. The van der Waals surface area contributed by atoms with Crippen LogP contribution in [0.1, 0.15) is 30.4 Å². The lowest BCUT2D eigenvalue weighted by molar-refractivity contribution is -0.380. The molecule has 1 amide bonds. The number of carbonyl (C=O) groups excluding carboxylic acids is 1. The number of nitrogens with zero attached hydrogens (tertiary/aromatic N) is 1. The van der Waals surface area contributed by atoms with Gasteiger partial charge in [-0.25, -0.2) is 0 Å². The second kappa shape index (κ2) is 4.80. The highest BCUT2D eigenvalue weighted by Gasteiger charge is 2.27. The minimum absolute atomic E-state index is 0.0787. The molecule has 0 aromatic carbocycles. The molecule has 0 saturated carbocycles. The first-order valence-electron chi connectivity index (χ1n) is 4.99. The maximum absolute atomic E-state index is 11.8. The number of nitro groups is 1. The molecule has 17 heavy (non-hydrogen) atoms. The van der Waals surface area contributed by atoms with Crippen molar-refractivity contribution in [2.24, 2.45) is 0 Å². The fourth-order valence-electron chi connectivity index (χ4n) is 1.01. The monoisotopic (exact) mass is 258 g/mol. The maximum atomic E-state index is 11.8. The van der Waals surface area contributed by atoms with E-state index in [1.54, 1.807) is 20.8 Å². The second-order valence-electron chi connectivity index (χ2n) is 4.25. The number of aliphatic hydroxyl groups excluding tert-OH is 1. The highest BCUT2D eigenvalue weighted by Crippen LogP contribution is 2.24. The van der Waals surface area contributed by atoms with E-state index in [-0.39, 0.29) is 9.88 Å². The molecular formula is C10H14N2O4S. The summed E-state index contributed by atoms with van der Waals surface area (Å²) in [5, 5.41) is 22.5. The van der Waals surface area contributed by atoms with Gasteiger partial charge in [-0.2, -0.15) is 0 Å². The molecule has 0 aliphatic carbocycles. The third kappa shape index (κ3) is 3.24. The third-order valence-electron chi connectivity index (χ3n) is 2.48. The van der Waals surface area contributed by atoms with E-state index in [2.05, 4.69) is 5.32 Å². The Bertz CT molecular complexity index is 439. The Labute approximate surface area is 102 Å². The average molecular weight is 258 g/mol. The smallest absolute Gasteiger partial charge is 0.324 e. The Morgan fingerprint density at radius 2 is 2.18 bits per heavy atom. The number of aliphatic hydroxyl groups is 1. The van der Waals surface area contributed by atoms with E-state index in [1.165, 1.54) is 12.1 Å².